The number of pyridine rings is 1. The second-order valence-electron chi connectivity index (χ2n) is 3.73. The fourth-order valence-corrected chi connectivity index (χ4v) is 1.50. The van der Waals surface area contributed by atoms with Crippen LogP contribution in [0.5, 0.6) is 0 Å². The highest BCUT2D eigenvalue weighted by molar-refractivity contribution is 6.04. The zero-order valence-corrected chi connectivity index (χ0v) is 9.64. The van der Waals surface area contributed by atoms with Crippen LogP contribution in [0.3, 0.4) is 0 Å². The molecule has 0 atom stereocenters. The largest absolute Gasteiger partial charge is 0.384 e. The number of hydrogen-bond donors (Lipinski definition) is 2. The van der Waals surface area contributed by atoms with E-state index in [0.29, 0.717) is 22.8 Å². The van der Waals surface area contributed by atoms with E-state index in [1.54, 1.807) is 37.0 Å². The Morgan fingerprint density at radius 2 is 2.24 bits per heavy atom. The van der Waals surface area contributed by atoms with Gasteiger partial charge >= 0.3 is 0 Å². The van der Waals surface area contributed by atoms with Crippen molar-refractivity contribution in [3.05, 3.63) is 35.8 Å². The molecule has 0 aliphatic carbocycles. The minimum absolute atomic E-state index is 0.206. The highest BCUT2D eigenvalue weighted by atomic mass is 16.1. The summed E-state index contributed by atoms with van der Waals surface area (Å²) < 4.78 is 1.60. The fraction of sp³-hybridized carbons (Fsp3) is 0.182. The first-order chi connectivity index (χ1) is 8.06. The standard InChI is InChI=1S/C11H13N5O/c1-7-9(6-16(2)15-7)11(17)14-8-3-4-10(12)13-5-8/h3-6H,1-2H3,(H2,12,13)(H,14,17). The number of carbonyl (C=O) groups is 1. The number of rotatable bonds is 2. The maximum absolute atomic E-state index is 11.9. The molecule has 3 N–H and O–H groups in total. The Hall–Kier alpha value is -2.37. The molecule has 88 valence electrons. The Morgan fingerprint density at radius 1 is 1.47 bits per heavy atom. The lowest BCUT2D eigenvalue weighted by molar-refractivity contribution is 0.102. The fourth-order valence-electron chi connectivity index (χ4n) is 1.50. The zero-order valence-electron chi connectivity index (χ0n) is 9.64. The lowest BCUT2D eigenvalue weighted by Gasteiger charge is -2.03. The van der Waals surface area contributed by atoms with Crippen molar-refractivity contribution >= 4 is 17.4 Å². The van der Waals surface area contributed by atoms with Crippen molar-refractivity contribution < 1.29 is 4.79 Å². The van der Waals surface area contributed by atoms with E-state index in [0.717, 1.165) is 0 Å². The van der Waals surface area contributed by atoms with Crippen LogP contribution in [0.4, 0.5) is 11.5 Å². The third kappa shape index (κ3) is 2.41. The molecule has 0 aromatic carbocycles. The van der Waals surface area contributed by atoms with Crippen molar-refractivity contribution in [1.29, 1.82) is 0 Å². The van der Waals surface area contributed by atoms with E-state index in [1.165, 1.54) is 6.20 Å². The molecule has 17 heavy (non-hydrogen) atoms. The lowest BCUT2D eigenvalue weighted by Crippen LogP contribution is -2.12. The van der Waals surface area contributed by atoms with E-state index in [2.05, 4.69) is 15.4 Å². The molecule has 0 saturated carbocycles. The van der Waals surface area contributed by atoms with Gasteiger partial charge in [0.1, 0.15) is 5.82 Å². The van der Waals surface area contributed by atoms with Crippen molar-refractivity contribution in [1.82, 2.24) is 14.8 Å². The minimum Gasteiger partial charge on any atom is -0.384 e. The smallest absolute Gasteiger partial charge is 0.259 e. The maximum Gasteiger partial charge on any atom is 0.259 e. The molecule has 2 heterocycles. The average Bonchev–Trinajstić information content (AvgIpc) is 2.61. The van der Waals surface area contributed by atoms with Gasteiger partial charge in [-0.1, -0.05) is 0 Å². The van der Waals surface area contributed by atoms with Crippen LogP contribution in [0.1, 0.15) is 16.1 Å². The van der Waals surface area contributed by atoms with Crippen LogP contribution < -0.4 is 11.1 Å². The number of nitrogens with one attached hydrogen (secondary N) is 1. The summed E-state index contributed by atoms with van der Waals surface area (Å²) in [6.07, 6.45) is 3.19. The topological polar surface area (TPSA) is 85.8 Å². The van der Waals surface area contributed by atoms with Crippen molar-refractivity contribution in [3.8, 4) is 0 Å². The van der Waals surface area contributed by atoms with Gasteiger partial charge in [-0.05, 0) is 19.1 Å². The number of aryl methyl sites for hydroxylation is 2. The number of carbonyl (C=O) groups excluding carboxylic acids is 1. The molecule has 2 aromatic rings. The van der Waals surface area contributed by atoms with Gasteiger partial charge in [-0.25, -0.2) is 4.98 Å². The zero-order chi connectivity index (χ0) is 12.4. The lowest BCUT2D eigenvalue weighted by atomic mass is 10.2. The van der Waals surface area contributed by atoms with Gasteiger partial charge in [-0.2, -0.15) is 5.10 Å². The molecule has 0 spiro atoms. The van der Waals surface area contributed by atoms with E-state index in [1.807, 2.05) is 0 Å². The van der Waals surface area contributed by atoms with Crippen LogP contribution in [0.2, 0.25) is 0 Å². The summed E-state index contributed by atoms with van der Waals surface area (Å²) >= 11 is 0. The van der Waals surface area contributed by atoms with E-state index in [9.17, 15) is 4.79 Å². The third-order valence-corrected chi connectivity index (χ3v) is 2.30. The molecule has 2 rings (SSSR count). The molecule has 0 fully saturated rings. The molecule has 0 unspecified atom stereocenters. The number of nitrogens with zero attached hydrogens (tertiary/aromatic N) is 3. The van der Waals surface area contributed by atoms with Crippen LogP contribution in [0.25, 0.3) is 0 Å². The number of amides is 1. The molecular weight excluding hydrogens is 218 g/mol. The minimum atomic E-state index is -0.206. The summed E-state index contributed by atoms with van der Waals surface area (Å²) in [6.45, 7) is 1.79. The molecule has 0 saturated heterocycles. The number of hydrogen-bond acceptors (Lipinski definition) is 4. The SMILES string of the molecule is Cc1nn(C)cc1C(=O)Nc1ccc(N)nc1. The highest BCUT2D eigenvalue weighted by Gasteiger charge is 2.12. The third-order valence-electron chi connectivity index (χ3n) is 2.30. The van der Waals surface area contributed by atoms with Crippen LogP contribution >= 0.6 is 0 Å². The predicted molar refractivity (Wildman–Crippen MR) is 64.5 cm³/mol. The molecule has 0 bridgehead atoms. The molecule has 1 amide bonds. The Labute approximate surface area is 98.5 Å². The molecule has 2 aromatic heterocycles. The van der Waals surface area contributed by atoms with E-state index in [-0.39, 0.29) is 5.91 Å². The summed E-state index contributed by atoms with van der Waals surface area (Å²) in [5.41, 5.74) is 7.30. The van der Waals surface area contributed by atoms with Gasteiger partial charge in [0, 0.05) is 13.2 Å². The normalized spacial score (nSPS) is 10.2. The van der Waals surface area contributed by atoms with Crippen molar-refractivity contribution in [2.75, 3.05) is 11.1 Å². The summed E-state index contributed by atoms with van der Waals surface area (Å²) in [5.74, 6) is 0.211. The molecule has 6 nitrogen and oxygen atoms in total. The van der Waals surface area contributed by atoms with Gasteiger partial charge in [0.05, 0.1) is 23.1 Å². The van der Waals surface area contributed by atoms with E-state index >= 15 is 0 Å². The molecule has 0 aliphatic rings. The van der Waals surface area contributed by atoms with Crippen molar-refractivity contribution in [2.24, 2.45) is 7.05 Å². The van der Waals surface area contributed by atoms with E-state index < -0.39 is 0 Å². The first-order valence-electron chi connectivity index (χ1n) is 5.09. The summed E-state index contributed by atoms with van der Waals surface area (Å²) in [6, 6.07) is 3.33. The van der Waals surface area contributed by atoms with Crippen molar-refractivity contribution in [2.45, 2.75) is 6.92 Å². The number of nitrogens with two attached hydrogens (primary N) is 1. The van der Waals surface area contributed by atoms with Gasteiger partial charge in [-0.15, -0.1) is 0 Å². The van der Waals surface area contributed by atoms with Crippen LogP contribution in [0.15, 0.2) is 24.5 Å². The Kier molecular flexibility index (Phi) is 2.78. The predicted octanol–water partition coefficient (Wildman–Crippen LogP) is 0.958. The van der Waals surface area contributed by atoms with Gasteiger partial charge in [0.25, 0.3) is 5.91 Å². The van der Waals surface area contributed by atoms with Gasteiger partial charge < -0.3 is 11.1 Å². The molecular formula is C11H13N5O. The maximum atomic E-state index is 11.9. The number of nitrogen functional groups attached to an aromatic ring is 1. The second kappa shape index (κ2) is 4.25. The van der Waals surface area contributed by atoms with Crippen LogP contribution in [-0.4, -0.2) is 20.7 Å². The Balaban J connectivity index is 2.17. The van der Waals surface area contributed by atoms with Gasteiger partial charge in [0.2, 0.25) is 0 Å². The Morgan fingerprint density at radius 3 is 2.76 bits per heavy atom. The Bertz CT molecular complexity index is 543. The molecule has 0 aliphatic heterocycles. The average molecular weight is 231 g/mol. The van der Waals surface area contributed by atoms with Crippen LogP contribution in [-0.2, 0) is 7.05 Å². The first kappa shape index (κ1) is 11.1. The molecule has 0 radical (unpaired) electrons. The number of anilines is 2. The van der Waals surface area contributed by atoms with Crippen molar-refractivity contribution in [3.63, 3.8) is 0 Å². The van der Waals surface area contributed by atoms with Crippen LogP contribution in [0, 0.1) is 6.92 Å². The quantitative estimate of drug-likeness (QED) is 0.806. The summed E-state index contributed by atoms with van der Waals surface area (Å²) in [5, 5.41) is 6.84. The van der Waals surface area contributed by atoms with Gasteiger partial charge in [-0.3, -0.25) is 9.48 Å². The number of aromatic nitrogens is 3. The summed E-state index contributed by atoms with van der Waals surface area (Å²) in [4.78, 5) is 15.8. The second-order valence-corrected chi connectivity index (χ2v) is 3.73. The first-order valence-corrected chi connectivity index (χ1v) is 5.09. The summed E-state index contributed by atoms with van der Waals surface area (Å²) in [7, 11) is 1.77. The van der Waals surface area contributed by atoms with Gasteiger partial charge in [0.15, 0.2) is 0 Å². The van der Waals surface area contributed by atoms with E-state index in [4.69, 9.17) is 5.73 Å². The molecule has 6 heteroatoms. The highest BCUT2D eigenvalue weighted by Crippen LogP contribution is 2.11. The monoisotopic (exact) mass is 231 g/mol.